The first kappa shape index (κ1) is 21.7. The van der Waals surface area contributed by atoms with Gasteiger partial charge in [-0.2, -0.15) is 0 Å². The highest BCUT2D eigenvalue weighted by Gasteiger charge is 2.53. The molecule has 34 heavy (non-hydrogen) atoms. The zero-order valence-electron chi connectivity index (χ0n) is 17.7. The number of aromatic nitrogens is 1. The summed E-state index contributed by atoms with van der Waals surface area (Å²) in [6.07, 6.45) is -2.73. The van der Waals surface area contributed by atoms with Gasteiger partial charge in [0.1, 0.15) is 11.6 Å². The number of amides is 1. The predicted octanol–water partition coefficient (Wildman–Crippen LogP) is 4.89. The van der Waals surface area contributed by atoms with E-state index in [-0.39, 0.29) is 23.2 Å². The van der Waals surface area contributed by atoms with Crippen LogP contribution in [-0.4, -0.2) is 28.3 Å². The fourth-order valence-electron chi connectivity index (χ4n) is 3.98. The Hall–Kier alpha value is -4.08. The van der Waals surface area contributed by atoms with Crippen molar-refractivity contribution in [1.82, 2.24) is 4.98 Å². The molecular weight excluding hydrogens is 453 g/mol. The number of aryl methyl sites for hydroxylation is 1. The Morgan fingerprint density at radius 2 is 1.76 bits per heavy atom. The highest BCUT2D eigenvalue weighted by Crippen LogP contribution is 2.52. The van der Waals surface area contributed by atoms with Gasteiger partial charge in [-0.3, -0.25) is 4.79 Å². The van der Waals surface area contributed by atoms with Crippen molar-refractivity contribution in [3.8, 4) is 22.8 Å². The van der Waals surface area contributed by atoms with Crippen LogP contribution in [0.5, 0.6) is 11.5 Å². The lowest BCUT2D eigenvalue weighted by molar-refractivity contribution is -0.286. The lowest BCUT2D eigenvalue weighted by atomic mass is 9.94. The number of benzene rings is 2. The molecule has 5 rings (SSSR count). The number of hydrogen-bond donors (Lipinski definition) is 2. The van der Waals surface area contributed by atoms with Crippen LogP contribution in [0.1, 0.15) is 34.3 Å². The number of anilines is 1. The Bertz CT molecular complexity index is 1350. The third kappa shape index (κ3) is 3.70. The number of nitrogens with one attached hydrogen (secondary N) is 1. The zero-order chi connectivity index (χ0) is 24.3. The van der Waals surface area contributed by atoms with Crippen LogP contribution >= 0.6 is 0 Å². The third-order valence-electron chi connectivity index (χ3n) is 5.95. The second-order valence-electron chi connectivity index (χ2n) is 8.23. The summed E-state index contributed by atoms with van der Waals surface area (Å²) in [6, 6.07) is 11.2. The quantitative estimate of drug-likeness (QED) is 0.551. The highest BCUT2D eigenvalue weighted by molar-refractivity contribution is 6.01. The molecule has 0 saturated heterocycles. The monoisotopic (exact) mass is 470 g/mol. The van der Waals surface area contributed by atoms with Crippen molar-refractivity contribution < 1.29 is 37.3 Å². The molecule has 2 N–H and O–H groups in total. The molecule has 2 heterocycles. The second kappa shape index (κ2) is 7.47. The summed E-state index contributed by atoms with van der Waals surface area (Å²) < 4.78 is 49.8. The number of carbonyl (C=O) groups excluding carboxylic acids is 1. The van der Waals surface area contributed by atoms with Crippen LogP contribution in [0.2, 0.25) is 0 Å². The largest absolute Gasteiger partial charge is 0.586 e. The molecule has 0 spiro atoms. The topological polar surface area (TPSA) is 97.8 Å². The minimum absolute atomic E-state index is 0.101. The van der Waals surface area contributed by atoms with Gasteiger partial charge in [-0.1, -0.05) is 18.2 Å². The molecule has 174 valence electrons. The Balaban J connectivity index is 1.40. The smallest absolute Gasteiger partial charge is 0.478 e. The van der Waals surface area contributed by atoms with Crippen LogP contribution in [0.4, 0.5) is 19.0 Å². The number of aromatic carboxylic acids is 1. The van der Waals surface area contributed by atoms with E-state index >= 15 is 0 Å². The Morgan fingerprint density at radius 1 is 1.03 bits per heavy atom. The van der Waals surface area contributed by atoms with Crippen LogP contribution in [-0.2, 0) is 10.2 Å². The summed E-state index contributed by atoms with van der Waals surface area (Å²) in [5, 5.41) is 11.8. The average molecular weight is 470 g/mol. The van der Waals surface area contributed by atoms with E-state index < -0.39 is 29.1 Å². The zero-order valence-corrected chi connectivity index (χ0v) is 17.7. The summed E-state index contributed by atoms with van der Waals surface area (Å²) >= 11 is 0. The summed E-state index contributed by atoms with van der Waals surface area (Å²) in [7, 11) is 0. The molecule has 1 fully saturated rings. The van der Waals surface area contributed by atoms with Gasteiger partial charge in [-0.15, -0.1) is 8.78 Å². The number of carbonyl (C=O) groups is 2. The SMILES string of the molecule is Cc1ccc(NC(=O)C2(c3ccc4c(c3)OC(F)(F)O4)CC2)nc1-c1ccc(C(=O)O)c(F)c1. The maximum Gasteiger partial charge on any atom is 0.586 e. The summed E-state index contributed by atoms with van der Waals surface area (Å²) in [6.45, 7) is 1.75. The highest BCUT2D eigenvalue weighted by atomic mass is 19.3. The van der Waals surface area contributed by atoms with Crippen LogP contribution in [0.25, 0.3) is 11.3 Å². The van der Waals surface area contributed by atoms with Gasteiger partial charge in [0.15, 0.2) is 11.5 Å². The van der Waals surface area contributed by atoms with E-state index in [0.29, 0.717) is 35.2 Å². The maximum absolute atomic E-state index is 14.2. The van der Waals surface area contributed by atoms with Gasteiger partial charge >= 0.3 is 12.3 Å². The first-order valence-electron chi connectivity index (χ1n) is 10.3. The fraction of sp³-hybridized carbons (Fsp3) is 0.208. The number of carboxylic acid groups (broad SMARTS) is 1. The molecule has 0 unspecified atom stereocenters. The molecule has 1 aliphatic heterocycles. The lowest BCUT2D eigenvalue weighted by Gasteiger charge is -2.17. The first-order valence-corrected chi connectivity index (χ1v) is 10.3. The van der Waals surface area contributed by atoms with E-state index in [2.05, 4.69) is 19.8 Å². The number of rotatable bonds is 5. The van der Waals surface area contributed by atoms with E-state index in [1.165, 1.54) is 18.2 Å². The summed E-state index contributed by atoms with van der Waals surface area (Å²) in [4.78, 5) is 28.6. The normalized spacial score (nSPS) is 16.7. The number of fused-ring (bicyclic) bond motifs is 1. The van der Waals surface area contributed by atoms with Gasteiger partial charge in [-0.25, -0.2) is 14.2 Å². The minimum Gasteiger partial charge on any atom is -0.478 e. The van der Waals surface area contributed by atoms with Gasteiger partial charge in [0.05, 0.1) is 16.7 Å². The third-order valence-corrected chi connectivity index (χ3v) is 5.95. The number of alkyl halides is 2. The molecule has 1 aliphatic carbocycles. The van der Waals surface area contributed by atoms with E-state index in [4.69, 9.17) is 5.11 Å². The number of pyridine rings is 1. The number of hydrogen-bond acceptors (Lipinski definition) is 5. The van der Waals surface area contributed by atoms with Crippen LogP contribution in [0.3, 0.4) is 0 Å². The molecular formula is C24H17F3N2O5. The molecule has 10 heteroatoms. The lowest BCUT2D eigenvalue weighted by Crippen LogP contribution is -2.28. The molecule has 2 aromatic carbocycles. The molecule has 1 saturated carbocycles. The van der Waals surface area contributed by atoms with E-state index in [1.807, 2.05) is 0 Å². The van der Waals surface area contributed by atoms with Crippen LogP contribution in [0.15, 0.2) is 48.5 Å². The number of nitrogens with zero attached hydrogens (tertiary/aromatic N) is 1. The van der Waals surface area contributed by atoms with Crippen molar-refractivity contribution in [2.75, 3.05) is 5.32 Å². The average Bonchev–Trinajstić information content (AvgIpc) is 3.52. The van der Waals surface area contributed by atoms with Gasteiger partial charge < -0.3 is 19.9 Å². The molecule has 2 aliphatic rings. The van der Waals surface area contributed by atoms with E-state index in [1.54, 1.807) is 25.1 Å². The van der Waals surface area contributed by atoms with E-state index in [0.717, 1.165) is 12.1 Å². The number of halogens is 3. The van der Waals surface area contributed by atoms with Crippen molar-refractivity contribution in [1.29, 1.82) is 0 Å². The molecule has 1 aromatic heterocycles. The van der Waals surface area contributed by atoms with Gasteiger partial charge in [0, 0.05) is 5.56 Å². The van der Waals surface area contributed by atoms with Crippen molar-refractivity contribution >= 4 is 17.7 Å². The van der Waals surface area contributed by atoms with Crippen molar-refractivity contribution in [2.24, 2.45) is 0 Å². The second-order valence-corrected chi connectivity index (χ2v) is 8.23. The van der Waals surface area contributed by atoms with E-state index in [9.17, 15) is 22.8 Å². The Morgan fingerprint density at radius 3 is 2.44 bits per heavy atom. The van der Waals surface area contributed by atoms with Crippen LogP contribution in [0, 0.1) is 12.7 Å². The number of ether oxygens (including phenoxy) is 2. The van der Waals surface area contributed by atoms with Crippen molar-refractivity contribution in [3.05, 3.63) is 71.0 Å². The minimum atomic E-state index is -3.75. The molecule has 3 aromatic rings. The predicted molar refractivity (Wildman–Crippen MR) is 114 cm³/mol. The molecule has 0 atom stereocenters. The van der Waals surface area contributed by atoms with Crippen molar-refractivity contribution in [3.63, 3.8) is 0 Å². The number of carboxylic acids is 1. The Labute approximate surface area is 191 Å². The van der Waals surface area contributed by atoms with Crippen molar-refractivity contribution in [2.45, 2.75) is 31.5 Å². The Kier molecular flexibility index (Phi) is 4.78. The molecule has 0 bridgehead atoms. The van der Waals surface area contributed by atoms with Crippen LogP contribution < -0.4 is 14.8 Å². The molecule has 7 nitrogen and oxygen atoms in total. The van der Waals surface area contributed by atoms with Gasteiger partial charge in [-0.05, 0) is 61.2 Å². The maximum atomic E-state index is 14.2. The summed E-state index contributed by atoms with van der Waals surface area (Å²) in [5.41, 5.74) is 0.570. The van der Waals surface area contributed by atoms with Gasteiger partial charge in [0.25, 0.3) is 0 Å². The summed E-state index contributed by atoms with van der Waals surface area (Å²) in [5.74, 6) is -2.66. The fourth-order valence-corrected chi connectivity index (χ4v) is 3.98. The molecule has 1 amide bonds. The first-order chi connectivity index (χ1) is 16.1. The molecule has 0 radical (unpaired) electrons. The van der Waals surface area contributed by atoms with Gasteiger partial charge in [0.2, 0.25) is 5.91 Å². The standard InChI is InChI=1S/C24H17F3N2O5/c1-12-2-7-19(28-20(12)13-3-5-15(21(30)31)16(25)10-13)29-22(32)23(8-9-23)14-4-6-17-18(11-14)34-24(26,27)33-17/h2-7,10-11H,8-9H2,1H3,(H,30,31)(H,28,29,32).